The second-order valence-corrected chi connectivity index (χ2v) is 10.1. The van der Waals surface area contributed by atoms with Gasteiger partial charge in [0.25, 0.3) is 0 Å². The number of anilines is 1. The van der Waals surface area contributed by atoms with Gasteiger partial charge < -0.3 is 20.1 Å². The largest absolute Gasteiger partial charge is 0.464 e. The Labute approximate surface area is 243 Å². The molecule has 1 atom stereocenters. The van der Waals surface area contributed by atoms with E-state index in [1.807, 2.05) is 6.92 Å². The number of hydrogen-bond acceptors (Lipinski definition) is 7. The highest BCUT2D eigenvalue weighted by molar-refractivity contribution is 7.19. The van der Waals surface area contributed by atoms with E-state index in [1.54, 1.807) is 24.3 Å². The summed E-state index contributed by atoms with van der Waals surface area (Å²) in [6.45, 7) is 1.82. The molecule has 0 radical (unpaired) electrons. The second kappa shape index (κ2) is 13.8. The van der Waals surface area contributed by atoms with Crippen molar-refractivity contribution >= 4 is 34.3 Å². The molecule has 1 heterocycles. The SMILES string of the molecule is CCC[C@H](NC(=O)Cc1cc(F)cc(F)c1)C(=O)Nc1nc(C(=O)OC)c(-c2ccccc2Oc2ccc(F)cc2)s1. The zero-order valence-electron chi connectivity index (χ0n) is 22.6. The summed E-state index contributed by atoms with van der Waals surface area (Å²) in [5, 5.41) is 5.30. The maximum atomic E-state index is 13.5. The Bertz CT molecular complexity index is 1570. The predicted molar refractivity (Wildman–Crippen MR) is 151 cm³/mol. The van der Waals surface area contributed by atoms with Gasteiger partial charge in [-0.3, -0.25) is 9.59 Å². The average Bonchev–Trinajstić information content (AvgIpc) is 3.36. The summed E-state index contributed by atoms with van der Waals surface area (Å²) in [6, 6.07) is 14.0. The number of thiazole rings is 1. The Morgan fingerprint density at radius 2 is 1.64 bits per heavy atom. The van der Waals surface area contributed by atoms with Gasteiger partial charge >= 0.3 is 5.97 Å². The molecule has 42 heavy (non-hydrogen) atoms. The number of carbonyl (C=O) groups excluding carboxylic acids is 3. The van der Waals surface area contributed by atoms with Gasteiger partial charge in [0.05, 0.1) is 18.4 Å². The van der Waals surface area contributed by atoms with Crippen LogP contribution in [0.5, 0.6) is 11.5 Å². The average molecular weight is 598 g/mol. The van der Waals surface area contributed by atoms with Crippen LogP contribution in [0.4, 0.5) is 18.3 Å². The molecule has 12 heteroatoms. The fourth-order valence-corrected chi connectivity index (χ4v) is 5.04. The molecule has 3 aromatic carbocycles. The molecular weight excluding hydrogens is 571 g/mol. The summed E-state index contributed by atoms with van der Waals surface area (Å²) in [4.78, 5) is 43.0. The number of amides is 2. The number of ether oxygens (including phenoxy) is 2. The van der Waals surface area contributed by atoms with Gasteiger partial charge in [0, 0.05) is 11.6 Å². The van der Waals surface area contributed by atoms with E-state index >= 15 is 0 Å². The van der Waals surface area contributed by atoms with E-state index in [4.69, 9.17) is 9.47 Å². The lowest BCUT2D eigenvalue weighted by molar-refractivity contribution is -0.126. The van der Waals surface area contributed by atoms with E-state index in [2.05, 4.69) is 15.6 Å². The summed E-state index contributed by atoms with van der Waals surface area (Å²) in [6.07, 6.45) is 0.476. The molecule has 0 unspecified atom stereocenters. The number of nitrogens with one attached hydrogen (secondary N) is 2. The Kier molecular flexibility index (Phi) is 9.92. The molecule has 0 saturated heterocycles. The molecule has 4 rings (SSSR count). The fraction of sp³-hybridized carbons (Fsp3) is 0.200. The van der Waals surface area contributed by atoms with Crippen LogP contribution in [0.15, 0.2) is 66.7 Å². The minimum Gasteiger partial charge on any atom is -0.464 e. The highest BCUT2D eigenvalue weighted by atomic mass is 32.1. The van der Waals surface area contributed by atoms with E-state index < -0.39 is 41.3 Å². The van der Waals surface area contributed by atoms with Crippen LogP contribution in [0, 0.1) is 17.5 Å². The van der Waals surface area contributed by atoms with Crippen LogP contribution in [0.1, 0.15) is 35.8 Å². The quantitative estimate of drug-likeness (QED) is 0.197. The predicted octanol–water partition coefficient (Wildman–Crippen LogP) is 6.27. The van der Waals surface area contributed by atoms with E-state index in [0.29, 0.717) is 34.4 Å². The number of benzene rings is 3. The summed E-state index contributed by atoms with van der Waals surface area (Å²) >= 11 is 0.992. The summed E-state index contributed by atoms with van der Waals surface area (Å²) in [5.41, 5.74) is 0.521. The minimum atomic E-state index is -0.982. The lowest BCUT2D eigenvalue weighted by Gasteiger charge is -2.17. The Balaban J connectivity index is 1.56. The first-order valence-electron chi connectivity index (χ1n) is 12.8. The maximum Gasteiger partial charge on any atom is 0.358 e. The van der Waals surface area contributed by atoms with Crippen molar-refractivity contribution in [2.75, 3.05) is 12.4 Å². The Morgan fingerprint density at radius 3 is 2.31 bits per heavy atom. The van der Waals surface area contributed by atoms with Gasteiger partial charge in [0.15, 0.2) is 10.8 Å². The standard InChI is InChI=1S/C30H26F3N3O5S/c1-3-6-23(34-25(37)15-17-13-19(32)16-20(33)14-17)28(38)36-30-35-26(29(39)40-2)27(42-30)22-7-4-5-8-24(22)41-21-11-9-18(31)10-12-21/h4-5,7-14,16,23H,3,6,15H2,1-2H3,(H,34,37)(H,35,36,38)/t23-/m0/s1. The molecule has 2 amide bonds. The highest BCUT2D eigenvalue weighted by Crippen LogP contribution is 2.40. The molecule has 0 bridgehead atoms. The van der Waals surface area contributed by atoms with Crippen molar-refractivity contribution in [1.82, 2.24) is 10.3 Å². The van der Waals surface area contributed by atoms with Crippen molar-refractivity contribution in [3.63, 3.8) is 0 Å². The van der Waals surface area contributed by atoms with Crippen LogP contribution < -0.4 is 15.4 Å². The zero-order chi connectivity index (χ0) is 30.2. The first-order valence-corrected chi connectivity index (χ1v) is 13.7. The third-order valence-corrected chi connectivity index (χ3v) is 6.93. The molecule has 0 saturated carbocycles. The highest BCUT2D eigenvalue weighted by Gasteiger charge is 2.26. The van der Waals surface area contributed by atoms with Crippen molar-refractivity contribution in [2.24, 2.45) is 0 Å². The first-order chi connectivity index (χ1) is 20.2. The number of halogens is 3. The van der Waals surface area contributed by atoms with Gasteiger partial charge in [-0.2, -0.15) is 0 Å². The zero-order valence-corrected chi connectivity index (χ0v) is 23.4. The number of methoxy groups -OCH3 is 1. The van der Waals surface area contributed by atoms with Crippen molar-refractivity contribution < 1.29 is 37.0 Å². The molecular formula is C30H26F3N3O5S. The van der Waals surface area contributed by atoms with Gasteiger partial charge in [0.1, 0.15) is 35.0 Å². The number of para-hydroxylation sites is 1. The van der Waals surface area contributed by atoms with Crippen molar-refractivity contribution in [2.45, 2.75) is 32.2 Å². The van der Waals surface area contributed by atoms with Crippen LogP contribution in [0.2, 0.25) is 0 Å². The van der Waals surface area contributed by atoms with Crippen LogP contribution >= 0.6 is 11.3 Å². The van der Waals surface area contributed by atoms with Crippen molar-refractivity contribution in [1.29, 1.82) is 0 Å². The van der Waals surface area contributed by atoms with E-state index in [9.17, 15) is 27.6 Å². The molecule has 218 valence electrons. The second-order valence-electron chi connectivity index (χ2n) is 9.09. The summed E-state index contributed by atoms with van der Waals surface area (Å²) in [7, 11) is 1.20. The number of aromatic nitrogens is 1. The third-order valence-electron chi connectivity index (χ3n) is 5.93. The van der Waals surface area contributed by atoms with E-state index in [0.717, 1.165) is 23.5 Å². The van der Waals surface area contributed by atoms with Crippen LogP contribution in [-0.2, 0) is 20.7 Å². The molecule has 4 aromatic rings. The van der Waals surface area contributed by atoms with Gasteiger partial charge in [0.2, 0.25) is 11.8 Å². The Hall–Kier alpha value is -4.71. The van der Waals surface area contributed by atoms with Gasteiger partial charge in [-0.25, -0.2) is 22.9 Å². The maximum absolute atomic E-state index is 13.5. The normalized spacial score (nSPS) is 11.5. The number of esters is 1. The van der Waals surface area contributed by atoms with Crippen LogP contribution in [-0.4, -0.2) is 35.9 Å². The number of hydrogen-bond donors (Lipinski definition) is 2. The lowest BCUT2D eigenvalue weighted by Crippen LogP contribution is -2.44. The van der Waals surface area contributed by atoms with Gasteiger partial charge in [-0.1, -0.05) is 36.8 Å². The minimum absolute atomic E-state index is 0.0644. The molecule has 0 fully saturated rings. The van der Waals surface area contributed by atoms with E-state index in [1.165, 1.54) is 31.4 Å². The Morgan fingerprint density at radius 1 is 0.952 bits per heavy atom. The summed E-state index contributed by atoms with van der Waals surface area (Å²) in [5.74, 6) is -3.29. The molecule has 1 aromatic heterocycles. The number of rotatable bonds is 11. The third kappa shape index (κ3) is 7.72. The molecule has 2 N–H and O–H groups in total. The molecule has 0 aliphatic carbocycles. The molecule has 0 aliphatic heterocycles. The van der Waals surface area contributed by atoms with Crippen molar-refractivity contribution in [3.05, 3.63) is 95.4 Å². The van der Waals surface area contributed by atoms with Crippen molar-refractivity contribution in [3.8, 4) is 21.9 Å². The smallest absolute Gasteiger partial charge is 0.358 e. The first kappa shape index (κ1) is 30.3. The van der Waals surface area contributed by atoms with Crippen LogP contribution in [0.25, 0.3) is 10.4 Å². The van der Waals surface area contributed by atoms with Gasteiger partial charge in [-0.05, 0) is 60.5 Å². The summed E-state index contributed by atoms with van der Waals surface area (Å²) < 4.78 is 51.2. The van der Waals surface area contributed by atoms with E-state index in [-0.39, 0.29) is 29.2 Å². The number of nitrogens with zero attached hydrogens (tertiary/aromatic N) is 1. The topological polar surface area (TPSA) is 107 Å². The molecule has 0 aliphatic rings. The lowest BCUT2D eigenvalue weighted by atomic mass is 10.1. The monoisotopic (exact) mass is 597 g/mol. The van der Waals surface area contributed by atoms with Gasteiger partial charge in [-0.15, -0.1) is 0 Å². The fourth-order valence-electron chi connectivity index (χ4n) is 4.06. The number of carbonyl (C=O) groups is 3. The molecule has 8 nitrogen and oxygen atoms in total. The van der Waals surface area contributed by atoms with Crippen LogP contribution in [0.3, 0.4) is 0 Å². The molecule has 0 spiro atoms.